The molecular formula is C17H22N4. The molecule has 2 aromatic rings. The SMILES string of the molecule is Cc1ccc(Cc2cnc(N3CCCNCC3)nc2)cc1. The van der Waals surface area contributed by atoms with Gasteiger partial charge in [-0.25, -0.2) is 9.97 Å². The Balaban J connectivity index is 1.67. The Morgan fingerprint density at radius 3 is 2.52 bits per heavy atom. The zero-order valence-electron chi connectivity index (χ0n) is 12.5. The minimum Gasteiger partial charge on any atom is -0.340 e. The summed E-state index contributed by atoms with van der Waals surface area (Å²) in [5, 5.41) is 3.40. The number of nitrogens with one attached hydrogen (secondary N) is 1. The summed E-state index contributed by atoms with van der Waals surface area (Å²) < 4.78 is 0. The van der Waals surface area contributed by atoms with Crippen molar-refractivity contribution in [1.29, 1.82) is 0 Å². The van der Waals surface area contributed by atoms with E-state index < -0.39 is 0 Å². The van der Waals surface area contributed by atoms with Crippen LogP contribution in [0, 0.1) is 6.92 Å². The van der Waals surface area contributed by atoms with Gasteiger partial charge < -0.3 is 10.2 Å². The van der Waals surface area contributed by atoms with Crippen LogP contribution in [-0.2, 0) is 6.42 Å². The highest BCUT2D eigenvalue weighted by molar-refractivity contribution is 5.32. The number of nitrogens with zero attached hydrogens (tertiary/aromatic N) is 3. The number of aryl methyl sites for hydroxylation is 1. The van der Waals surface area contributed by atoms with Crippen molar-refractivity contribution < 1.29 is 0 Å². The Bertz CT molecular complexity index is 554. The molecule has 4 heteroatoms. The molecule has 0 amide bonds. The molecule has 2 heterocycles. The summed E-state index contributed by atoms with van der Waals surface area (Å²) in [7, 11) is 0. The van der Waals surface area contributed by atoms with Gasteiger partial charge in [-0.05, 0) is 31.0 Å². The first-order valence-electron chi connectivity index (χ1n) is 7.63. The summed E-state index contributed by atoms with van der Waals surface area (Å²) in [5.41, 5.74) is 3.76. The van der Waals surface area contributed by atoms with Gasteiger partial charge in [0.15, 0.2) is 0 Å². The summed E-state index contributed by atoms with van der Waals surface area (Å²) in [5.74, 6) is 0.853. The summed E-state index contributed by atoms with van der Waals surface area (Å²) in [6, 6.07) is 8.64. The molecule has 4 nitrogen and oxygen atoms in total. The van der Waals surface area contributed by atoms with Crippen LogP contribution in [0.5, 0.6) is 0 Å². The largest absolute Gasteiger partial charge is 0.340 e. The fourth-order valence-electron chi connectivity index (χ4n) is 2.59. The predicted octanol–water partition coefficient (Wildman–Crippen LogP) is 2.18. The van der Waals surface area contributed by atoms with Crippen molar-refractivity contribution in [3.8, 4) is 0 Å². The maximum Gasteiger partial charge on any atom is 0.225 e. The van der Waals surface area contributed by atoms with Crippen molar-refractivity contribution in [1.82, 2.24) is 15.3 Å². The second kappa shape index (κ2) is 6.68. The van der Waals surface area contributed by atoms with Gasteiger partial charge in [-0.1, -0.05) is 29.8 Å². The fourth-order valence-corrected chi connectivity index (χ4v) is 2.59. The highest BCUT2D eigenvalue weighted by atomic mass is 15.3. The van der Waals surface area contributed by atoms with Crippen molar-refractivity contribution in [3.63, 3.8) is 0 Å². The van der Waals surface area contributed by atoms with Crippen LogP contribution >= 0.6 is 0 Å². The molecule has 0 aliphatic carbocycles. The van der Waals surface area contributed by atoms with E-state index in [2.05, 4.69) is 51.4 Å². The van der Waals surface area contributed by atoms with Crippen molar-refractivity contribution in [3.05, 3.63) is 53.3 Å². The van der Waals surface area contributed by atoms with Crippen LogP contribution in [0.4, 0.5) is 5.95 Å². The van der Waals surface area contributed by atoms with Gasteiger partial charge in [0.25, 0.3) is 0 Å². The molecule has 1 aromatic carbocycles. The van der Waals surface area contributed by atoms with E-state index in [1.54, 1.807) is 0 Å². The Labute approximate surface area is 126 Å². The highest BCUT2D eigenvalue weighted by Crippen LogP contribution is 2.12. The molecule has 0 unspecified atom stereocenters. The molecule has 1 aliphatic rings. The van der Waals surface area contributed by atoms with Crippen LogP contribution in [-0.4, -0.2) is 36.1 Å². The number of anilines is 1. The molecule has 1 aromatic heterocycles. The maximum absolute atomic E-state index is 4.54. The third-order valence-electron chi connectivity index (χ3n) is 3.84. The average molecular weight is 282 g/mol. The lowest BCUT2D eigenvalue weighted by Gasteiger charge is -2.19. The lowest BCUT2D eigenvalue weighted by molar-refractivity contribution is 0.724. The molecule has 0 radical (unpaired) electrons. The normalized spacial score (nSPS) is 15.8. The Morgan fingerprint density at radius 2 is 1.76 bits per heavy atom. The molecule has 0 spiro atoms. The van der Waals surface area contributed by atoms with Crippen LogP contribution in [0.1, 0.15) is 23.1 Å². The first-order chi connectivity index (χ1) is 10.3. The maximum atomic E-state index is 4.54. The predicted molar refractivity (Wildman–Crippen MR) is 85.7 cm³/mol. The Hall–Kier alpha value is -1.94. The Kier molecular flexibility index (Phi) is 4.46. The van der Waals surface area contributed by atoms with Crippen LogP contribution in [0.25, 0.3) is 0 Å². The highest BCUT2D eigenvalue weighted by Gasteiger charge is 2.11. The van der Waals surface area contributed by atoms with E-state index in [-0.39, 0.29) is 0 Å². The molecule has 1 aliphatic heterocycles. The number of aromatic nitrogens is 2. The molecule has 1 fully saturated rings. The molecule has 0 atom stereocenters. The topological polar surface area (TPSA) is 41.1 Å². The van der Waals surface area contributed by atoms with Crippen molar-refractivity contribution in [2.24, 2.45) is 0 Å². The van der Waals surface area contributed by atoms with Gasteiger partial charge in [-0.15, -0.1) is 0 Å². The first-order valence-corrected chi connectivity index (χ1v) is 7.63. The monoisotopic (exact) mass is 282 g/mol. The summed E-state index contributed by atoms with van der Waals surface area (Å²) in [4.78, 5) is 11.3. The number of benzene rings is 1. The van der Waals surface area contributed by atoms with Crippen LogP contribution in [0.2, 0.25) is 0 Å². The zero-order valence-corrected chi connectivity index (χ0v) is 12.5. The van der Waals surface area contributed by atoms with Gasteiger partial charge in [0.2, 0.25) is 5.95 Å². The molecule has 3 rings (SSSR count). The van der Waals surface area contributed by atoms with E-state index in [1.807, 2.05) is 12.4 Å². The molecular weight excluding hydrogens is 260 g/mol. The smallest absolute Gasteiger partial charge is 0.225 e. The minimum absolute atomic E-state index is 0.853. The summed E-state index contributed by atoms with van der Waals surface area (Å²) in [6.07, 6.45) is 5.96. The van der Waals surface area contributed by atoms with Crippen LogP contribution in [0.3, 0.4) is 0 Å². The van der Waals surface area contributed by atoms with Gasteiger partial charge in [0.05, 0.1) is 0 Å². The van der Waals surface area contributed by atoms with Gasteiger partial charge in [0, 0.05) is 38.4 Å². The van der Waals surface area contributed by atoms with E-state index in [1.165, 1.54) is 11.1 Å². The van der Waals surface area contributed by atoms with Gasteiger partial charge in [0.1, 0.15) is 0 Å². The van der Waals surface area contributed by atoms with E-state index in [0.29, 0.717) is 0 Å². The number of hydrogen-bond acceptors (Lipinski definition) is 4. The third-order valence-corrected chi connectivity index (χ3v) is 3.84. The van der Waals surface area contributed by atoms with Crippen molar-refractivity contribution >= 4 is 5.95 Å². The molecule has 110 valence electrons. The lowest BCUT2D eigenvalue weighted by Crippen LogP contribution is -2.29. The van der Waals surface area contributed by atoms with Crippen LogP contribution in [0.15, 0.2) is 36.7 Å². The summed E-state index contributed by atoms with van der Waals surface area (Å²) >= 11 is 0. The molecule has 1 N–H and O–H groups in total. The fraction of sp³-hybridized carbons (Fsp3) is 0.412. The quantitative estimate of drug-likeness (QED) is 0.937. The van der Waals surface area contributed by atoms with E-state index in [4.69, 9.17) is 0 Å². The first kappa shape index (κ1) is 14.0. The molecule has 0 saturated carbocycles. The second-order valence-electron chi connectivity index (χ2n) is 5.64. The van der Waals surface area contributed by atoms with E-state index in [9.17, 15) is 0 Å². The third kappa shape index (κ3) is 3.79. The standard InChI is InChI=1S/C17H22N4/c1-14-3-5-15(6-4-14)11-16-12-19-17(20-13-16)21-9-2-7-18-8-10-21/h3-6,12-13,18H,2,7-11H2,1H3. The summed E-state index contributed by atoms with van der Waals surface area (Å²) in [6.45, 7) is 6.22. The van der Waals surface area contributed by atoms with Crippen LogP contribution < -0.4 is 10.2 Å². The Morgan fingerprint density at radius 1 is 1.00 bits per heavy atom. The van der Waals surface area contributed by atoms with Crippen molar-refractivity contribution in [2.45, 2.75) is 19.8 Å². The van der Waals surface area contributed by atoms with Gasteiger partial charge in [-0.3, -0.25) is 0 Å². The molecule has 1 saturated heterocycles. The van der Waals surface area contributed by atoms with E-state index in [0.717, 1.165) is 50.5 Å². The molecule has 0 bridgehead atoms. The zero-order chi connectivity index (χ0) is 14.5. The van der Waals surface area contributed by atoms with Gasteiger partial charge in [-0.2, -0.15) is 0 Å². The molecule has 21 heavy (non-hydrogen) atoms. The number of rotatable bonds is 3. The number of hydrogen-bond donors (Lipinski definition) is 1. The second-order valence-corrected chi connectivity index (χ2v) is 5.64. The van der Waals surface area contributed by atoms with Crippen molar-refractivity contribution in [2.75, 3.05) is 31.1 Å². The lowest BCUT2D eigenvalue weighted by atomic mass is 10.1. The average Bonchev–Trinajstić information content (AvgIpc) is 2.80. The minimum atomic E-state index is 0.853. The van der Waals surface area contributed by atoms with Gasteiger partial charge >= 0.3 is 0 Å². The van der Waals surface area contributed by atoms with E-state index >= 15 is 0 Å².